The highest BCUT2D eigenvalue weighted by molar-refractivity contribution is 6.30. The molecular formula is C16H15ClN4O4. The lowest BCUT2D eigenvalue weighted by Crippen LogP contribution is -2.37. The summed E-state index contributed by atoms with van der Waals surface area (Å²) in [6.07, 6.45) is 1.33. The Bertz CT molecular complexity index is 1110. The summed E-state index contributed by atoms with van der Waals surface area (Å²) in [4.78, 5) is 40.5. The van der Waals surface area contributed by atoms with Crippen molar-refractivity contribution in [1.29, 1.82) is 0 Å². The van der Waals surface area contributed by atoms with Gasteiger partial charge in [-0.05, 0) is 30.7 Å². The van der Waals surface area contributed by atoms with E-state index in [1.54, 1.807) is 25.1 Å². The first-order chi connectivity index (χ1) is 11.8. The molecule has 0 spiro atoms. The van der Waals surface area contributed by atoms with E-state index in [1.807, 2.05) is 0 Å². The molecule has 2 aromatic heterocycles. The molecule has 0 radical (unpaired) electrons. The van der Waals surface area contributed by atoms with E-state index in [-0.39, 0.29) is 17.7 Å². The Kier molecular flexibility index (Phi) is 4.22. The van der Waals surface area contributed by atoms with Crippen LogP contribution in [0.2, 0.25) is 5.02 Å². The van der Waals surface area contributed by atoms with Crippen molar-refractivity contribution in [2.75, 3.05) is 0 Å². The molecule has 9 heteroatoms. The number of halogens is 1. The number of carbonyl (C=O) groups excluding carboxylic acids is 1. The summed E-state index contributed by atoms with van der Waals surface area (Å²) >= 11 is 5.88. The van der Waals surface area contributed by atoms with Crippen LogP contribution in [0, 0.1) is 6.92 Å². The Morgan fingerprint density at radius 1 is 1.24 bits per heavy atom. The summed E-state index contributed by atoms with van der Waals surface area (Å²) in [5.41, 5.74) is 0.0841. The van der Waals surface area contributed by atoms with Crippen molar-refractivity contribution in [3.8, 4) is 5.75 Å². The minimum atomic E-state index is -0.569. The van der Waals surface area contributed by atoms with Crippen molar-refractivity contribution in [2.45, 2.75) is 13.5 Å². The van der Waals surface area contributed by atoms with Crippen LogP contribution in [-0.2, 0) is 25.4 Å². The molecule has 0 fully saturated rings. The van der Waals surface area contributed by atoms with E-state index in [9.17, 15) is 14.4 Å². The van der Waals surface area contributed by atoms with Crippen LogP contribution in [-0.4, -0.2) is 24.7 Å². The average molecular weight is 363 g/mol. The van der Waals surface area contributed by atoms with Gasteiger partial charge >= 0.3 is 11.7 Å². The quantitative estimate of drug-likeness (QED) is 0.512. The van der Waals surface area contributed by atoms with E-state index < -0.39 is 17.2 Å². The monoisotopic (exact) mass is 362 g/mol. The highest BCUT2D eigenvalue weighted by Gasteiger charge is 2.17. The Labute approximate surface area is 146 Å². The summed E-state index contributed by atoms with van der Waals surface area (Å²) < 4.78 is 8.91. The van der Waals surface area contributed by atoms with Gasteiger partial charge in [0.1, 0.15) is 12.3 Å². The van der Waals surface area contributed by atoms with Crippen LogP contribution in [0.1, 0.15) is 5.56 Å². The predicted octanol–water partition coefficient (Wildman–Crippen LogP) is 1.00. The number of esters is 1. The second-order valence-electron chi connectivity index (χ2n) is 5.63. The number of hydrogen-bond acceptors (Lipinski definition) is 5. The van der Waals surface area contributed by atoms with Gasteiger partial charge in [-0.25, -0.2) is 14.6 Å². The van der Waals surface area contributed by atoms with E-state index in [1.165, 1.54) is 29.6 Å². The van der Waals surface area contributed by atoms with Crippen LogP contribution in [0.15, 0.2) is 34.1 Å². The molecule has 8 nitrogen and oxygen atoms in total. The Hall–Kier alpha value is -2.87. The molecule has 0 aliphatic rings. The number of carbonyl (C=O) groups is 1. The molecule has 25 heavy (non-hydrogen) atoms. The molecule has 1 aromatic carbocycles. The van der Waals surface area contributed by atoms with E-state index in [0.717, 1.165) is 10.1 Å². The van der Waals surface area contributed by atoms with Crippen molar-refractivity contribution < 1.29 is 9.53 Å². The second kappa shape index (κ2) is 6.21. The molecule has 0 aliphatic carbocycles. The molecule has 2 heterocycles. The summed E-state index contributed by atoms with van der Waals surface area (Å²) in [6.45, 7) is 1.55. The van der Waals surface area contributed by atoms with Crippen LogP contribution >= 0.6 is 11.6 Å². The number of aryl methyl sites for hydroxylation is 2. The van der Waals surface area contributed by atoms with E-state index in [0.29, 0.717) is 10.8 Å². The third kappa shape index (κ3) is 2.96. The smallest absolute Gasteiger partial charge is 0.332 e. The number of fused-ring (bicyclic) bond motifs is 1. The van der Waals surface area contributed by atoms with Crippen LogP contribution in [0.3, 0.4) is 0 Å². The SMILES string of the molecule is Cc1cc(Cl)ccc1OC(=O)Cn1cnc2c1c(=O)n(C)c(=O)n2C. The summed E-state index contributed by atoms with van der Waals surface area (Å²) in [6, 6.07) is 4.90. The molecule has 0 N–H and O–H groups in total. The highest BCUT2D eigenvalue weighted by Crippen LogP contribution is 2.22. The van der Waals surface area contributed by atoms with Crippen molar-refractivity contribution in [3.63, 3.8) is 0 Å². The lowest BCUT2D eigenvalue weighted by Gasteiger charge is -2.09. The van der Waals surface area contributed by atoms with Gasteiger partial charge in [0.2, 0.25) is 0 Å². The maximum Gasteiger partial charge on any atom is 0.332 e. The van der Waals surface area contributed by atoms with Gasteiger partial charge in [-0.1, -0.05) is 11.6 Å². The standard InChI is InChI=1S/C16H15ClN4O4/c1-9-6-10(17)4-5-11(9)25-12(22)7-21-8-18-14-13(21)15(23)20(3)16(24)19(14)2/h4-6,8H,7H2,1-3H3. The predicted molar refractivity (Wildman–Crippen MR) is 92.0 cm³/mol. The third-order valence-electron chi connectivity index (χ3n) is 3.88. The number of ether oxygens (including phenoxy) is 1. The summed E-state index contributed by atoms with van der Waals surface area (Å²) in [5.74, 6) is -0.181. The van der Waals surface area contributed by atoms with Crippen molar-refractivity contribution in [2.24, 2.45) is 14.1 Å². The number of benzene rings is 1. The third-order valence-corrected chi connectivity index (χ3v) is 4.11. The molecule has 0 saturated heterocycles. The van der Waals surface area contributed by atoms with Crippen molar-refractivity contribution in [3.05, 3.63) is 56.0 Å². The highest BCUT2D eigenvalue weighted by atomic mass is 35.5. The zero-order valence-corrected chi connectivity index (χ0v) is 14.6. The zero-order valence-electron chi connectivity index (χ0n) is 13.8. The average Bonchev–Trinajstić information content (AvgIpc) is 2.97. The molecule has 0 saturated carbocycles. The van der Waals surface area contributed by atoms with E-state index in [4.69, 9.17) is 16.3 Å². The van der Waals surface area contributed by atoms with Gasteiger partial charge in [0.25, 0.3) is 5.56 Å². The second-order valence-corrected chi connectivity index (χ2v) is 6.07. The zero-order chi connectivity index (χ0) is 18.3. The lowest BCUT2D eigenvalue weighted by molar-refractivity contribution is -0.135. The summed E-state index contributed by atoms with van der Waals surface area (Å²) in [5, 5.41) is 0.544. The Morgan fingerprint density at radius 3 is 2.64 bits per heavy atom. The summed E-state index contributed by atoms with van der Waals surface area (Å²) in [7, 11) is 2.88. The molecule has 0 aliphatic heterocycles. The van der Waals surface area contributed by atoms with E-state index >= 15 is 0 Å². The van der Waals surface area contributed by atoms with Gasteiger partial charge in [0.05, 0.1) is 6.33 Å². The maximum atomic E-state index is 12.3. The molecule has 3 aromatic rings. The van der Waals surface area contributed by atoms with Crippen molar-refractivity contribution >= 4 is 28.7 Å². The topological polar surface area (TPSA) is 88.1 Å². The van der Waals surface area contributed by atoms with Gasteiger partial charge < -0.3 is 9.30 Å². The van der Waals surface area contributed by atoms with Gasteiger partial charge in [0.15, 0.2) is 11.2 Å². The minimum absolute atomic E-state index is 0.161. The van der Waals surface area contributed by atoms with Crippen LogP contribution in [0.25, 0.3) is 11.2 Å². The molecule has 0 amide bonds. The minimum Gasteiger partial charge on any atom is -0.425 e. The number of aromatic nitrogens is 4. The first-order valence-electron chi connectivity index (χ1n) is 7.37. The maximum absolute atomic E-state index is 12.3. The Morgan fingerprint density at radius 2 is 1.96 bits per heavy atom. The largest absolute Gasteiger partial charge is 0.425 e. The van der Waals surface area contributed by atoms with Crippen LogP contribution in [0.5, 0.6) is 5.75 Å². The molecule has 130 valence electrons. The molecular weight excluding hydrogens is 348 g/mol. The number of imidazole rings is 1. The first kappa shape index (κ1) is 17.0. The van der Waals surface area contributed by atoms with Gasteiger partial charge in [-0.2, -0.15) is 0 Å². The van der Waals surface area contributed by atoms with Gasteiger partial charge in [-0.3, -0.25) is 13.9 Å². The van der Waals surface area contributed by atoms with Gasteiger partial charge in [0, 0.05) is 19.1 Å². The molecule has 3 rings (SSSR count). The van der Waals surface area contributed by atoms with Crippen LogP contribution < -0.4 is 16.0 Å². The van der Waals surface area contributed by atoms with Crippen LogP contribution in [0.4, 0.5) is 0 Å². The molecule has 0 bridgehead atoms. The van der Waals surface area contributed by atoms with Gasteiger partial charge in [-0.15, -0.1) is 0 Å². The van der Waals surface area contributed by atoms with E-state index in [2.05, 4.69) is 4.98 Å². The molecule has 0 atom stereocenters. The number of hydrogen-bond donors (Lipinski definition) is 0. The number of nitrogens with zero attached hydrogens (tertiary/aromatic N) is 4. The fourth-order valence-corrected chi connectivity index (χ4v) is 2.76. The first-order valence-corrected chi connectivity index (χ1v) is 7.75. The fraction of sp³-hybridized carbons (Fsp3) is 0.250. The van der Waals surface area contributed by atoms with Crippen molar-refractivity contribution in [1.82, 2.24) is 18.7 Å². The lowest BCUT2D eigenvalue weighted by atomic mass is 10.2. The Balaban J connectivity index is 1.94. The normalized spacial score (nSPS) is 11.0. The molecule has 0 unspecified atom stereocenters. The number of rotatable bonds is 3. The fourth-order valence-electron chi connectivity index (χ4n) is 2.54.